The van der Waals surface area contributed by atoms with E-state index in [-0.39, 0.29) is 30.4 Å². The summed E-state index contributed by atoms with van der Waals surface area (Å²) in [6.07, 6.45) is 1.55. The molecule has 3 heterocycles. The first-order valence-electron chi connectivity index (χ1n) is 5.31. The molecule has 3 N–H and O–H groups in total. The van der Waals surface area contributed by atoms with Gasteiger partial charge in [-0.3, -0.25) is 0 Å². The minimum absolute atomic E-state index is 0.0575. The normalized spacial score (nSPS) is 27.2. The number of fused-ring (bicyclic) bond motifs is 1. The summed E-state index contributed by atoms with van der Waals surface area (Å²) in [5.41, 5.74) is 6.51. The van der Waals surface area contributed by atoms with E-state index in [0.29, 0.717) is 11.2 Å². The molecule has 2 aromatic rings. The van der Waals surface area contributed by atoms with Crippen LogP contribution < -0.4 is 5.73 Å². The van der Waals surface area contributed by atoms with Crippen LogP contribution in [0.15, 0.2) is 6.33 Å². The number of aliphatic hydroxyl groups excluding tert-OH is 1. The standard InChI is InChI=1S/C9H9ClIN5O3/c10-6-5-7(15-8(12)14-6)16(3-13-5)4-1-18-19-9(4,11)2-17/h3-4,17H,1-2H2,(H2,12,14,15). The summed E-state index contributed by atoms with van der Waals surface area (Å²) in [5.74, 6) is 0.0575. The number of nitrogens with two attached hydrogens (primary N) is 1. The average molecular weight is 398 g/mol. The van der Waals surface area contributed by atoms with Crippen molar-refractivity contribution in [1.29, 1.82) is 0 Å². The first kappa shape index (κ1) is 13.2. The van der Waals surface area contributed by atoms with Gasteiger partial charge in [0, 0.05) is 0 Å². The molecule has 1 aliphatic rings. The summed E-state index contributed by atoms with van der Waals surface area (Å²) < 4.78 is 0.812. The van der Waals surface area contributed by atoms with Gasteiger partial charge in [0.2, 0.25) is 5.95 Å². The Hall–Kier alpha value is -0.750. The van der Waals surface area contributed by atoms with E-state index >= 15 is 0 Å². The predicted molar refractivity (Wildman–Crippen MR) is 74.7 cm³/mol. The first-order valence-corrected chi connectivity index (χ1v) is 6.77. The van der Waals surface area contributed by atoms with Gasteiger partial charge in [0.15, 0.2) is 14.4 Å². The zero-order chi connectivity index (χ0) is 13.6. The van der Waals surface area contributed by atoms with Crippen LogP contribution in [-0.4, -0.2) is 41.4 Å². The Morgan fingerprint density at radius 3 is 3.16 bits per heavy atom. The van der Waals surface area contributed by atoms with Crippen molar-refractivity contribution < 1.29 is 14.9 Å². The summed E-state index contributed by atoms with van der Waals surface area (Å²) >= 11 is 7.96. The lowest BCUT2D eigenvalue weighted by atomic mass is 10.2. The zero-order valence-corrected chi connectivity index (χ0v) is 12.4. The zero-order valence-electron chi connectivity index (χ0n) is 9.45. The van der Waals surface area contributed by atoms with E-state index in [0.717, 1.165) is 0 Å². The fraction of sp³-hybridized carbons (Fsp3) is 0.444. The number of anilines is 1. The molecule has 0 saturated carbocycles. The van der Waals surface area contributed by atoms with Crippen molar-refractivity contribution in [2.45, 2.75) is 9.65 Å². The van der Waals surface area contributed by atoms with Gasteiger partial charge >= 0.3 is 0 Å². The van der Waals surface area contributed by atoms with Crippen LogP contribution in [0.25, 0.3) is 11.2 Å². The summed E-state index contributed by atoms with van der Waals surface area (Å²) in [4.78, 5) is 22.2. The van der Waals surface area contributed by atoms with Crippen LogP contribution >= 0.6 is 34.2 Å². The molecule has 0 spiro atoms. The largest absolute Gasteiger partial charge is 0.392 e. The number of imidazole rings is 1. The van der Waals surface area contributed by atoms with Crippen LogP contribution in [-0.2, 0) is 9.78 Å². The Morgan fingerprint density at radius 1 is 1.63 bits per heavy atom. The van der Waals surface area contributed by atoms with Gasteiger partial charge < -0.3 is 15.4 Å². The summed E-state index contributed by atoms with van der Waals surface area (Å²) in [6, 6.07) is -0.298. The maximum atomic E-state index is 9.45. The highest BCUT2D eigenvalue weighted by Gasteiger charge is 2.46. The van der Waals surface area contributed by atoms with E-state index in [2.05, 4.69) is 15.0 Å². The number of aliphatic hydroxyl groups is 1. The molecule has 1 saturated heterocycles. The van der Waals surface area contributed by atoms with Crippen molar-refractivity contribution >= 4 is 51.3 Å². The van der Waals surface area contributed by atoms with Crippen molar-refractivity contribution in [3.8, 4) is 0 Å². The molecule has 1 fully saturated rings. The van der Waals surface area contributed by atoms with Crippen LogP contribution in [0.2, 0.25) is 5.15 Å². The SMILES string of the molecule is Nc1nc(Cl)c2ncn(C3COOC3(I)CO)c2n1. The molecule has 0 aromatic carbocycles. The van der Waals surface area contributed by atoms with E-state index in [1.54, 1.807) is 10.9 Å². The molecule has 3 rings (SSSR count). The van der Waals surface area contributed by atoms with Crippen molar-refractivity contribution in [3.63, 3.8) is 0 Å². The number of nitrogens with zero attached hydrogens (tertiary/aromatic N) is 4. The number of hydrogen-bond acceptors (Lipinski definition) is 7. The van der Waals surface area contributed by atoms with Gasteiger partial charge in [0.1, 0.15) is 18.2 Å². The Morgan fingerprint density at radius 2 is 2.42 bits per heavy atom. The molecule has 0 radical (unpaired) electrons. The van der Waals surface area contributed by atoms with E-state index in [9.17, 15) is 5.11 Å². The molecule has 2 aromatic heterocycles. The molecule has 102 valence electrons. The van der Waals surface area contributed by atoms with Crippen LogP contribution in [0.1, 0.15) is 6.04 Å². The second-order valence-electron chi connectivity index (χ2n) is 4.02. The number of hydrogen-bond donors (Lipinski definition) is 2. The molecular weight excluding hydrogens is 388 g/mol. The van der Waals surface area contributed by atoms with E-state index < -0.39 is 3.61 Å². The highest BCUT2D eigenvalue weighted by atomic mass is 127. The Labute approximate surface area is 126 Å². The monoisotopic (exact) mass is 397 g/mol. The van der Waals surface area contributed by atoms with Crippen LogP contribution in [0.4, 0.5) is 5.95 Å². The van der Waals surface area contributed by atoms with Crippen LogP contribution in [0.3, 0.4) is 0 Å². The molecule has 0 bridgehead atoms. The van der Waals surface area contributed by atoms with Gasteiger partial charge in [-0.1, -0.05) is 11.6 Å². The van der Waals surface area contributed by atoms with Crippen molar-refractivity contribution in [3.05, 3.63) is 11.5 Å². The quantitative estimate of drug-likeness (QED) is 0.332. The second-order valence-corrected chi connectivity index (χ2v) is 6.21. The lowest BCUT2D eigenvalue weighted by Crippen LogP contribution is -2.34. The molecule has 1 aliphatic heterocycles. The maximum absolute atomic E-state index is 9.45. The summed E-state index contributed by atoms with van der Waals surface area (Å²) in [5, 5.41) is 9.63. The van der Waals surface area contributed by atoms with E-state index in [1.165, 1.54) is 0 Å². The average Bonchev–Trinajstić information content (AvgIpc) is 2.93. The molecule has 8 nitrogen and oxygen atoms in total. The van der Waals surface area contributed by atoms with E-state index in [4.69, 9.17) is 27.1 Å². The molecule has 10 heteroatoms. The number of alkyl halides is 1. The number of rotatable bonds is 2. The molecule has 0 aliphatic carbocycles. The van der Waals surface area contributed by atoms with Crippen molar-refractivity contribution in [1.82, 2.24) is 19.5 Å². The minimum Gasteiger partial charge on any atom is -0.392 e. The first-order chi connectivity index (χ1) is 9.05. The van der Waals surface area contributed by atoms with Gasteiger partial charge in [-0.2, -0.15) is 9.97 Å². The van der Waals surface area contributed by atoms with Gasteiger partial charge in [0.05, 0.1) is 12.9 Å². The van der Waals surface area contributed by atoms with Crippen LogP contribution in [0, 0.1) is 0 Å². The number of aromatic nitrogens is 4. The Balaban J connectivity index is 2.16. The molecular formula is C9H9ClIN5O3. The van der Waals surface area contributed by atoms with Crippen molar-refractivity contribution in [2.24, 2.45) is 0 Å². The second kappa shape index (κ2) is 4.66. The fourth-order valence-corrected chi connectivity index (χ4v) is 2.75. The van der Waals surface area contributed by atoms with E-state index in [1.807, 2.05) is 22.6 Å². The fourth-order valence-electron chi connectivity index (χ4n) is 1.92. The molecule has 19 heavy (non-hydrogen) atoms. The predicted octanol–water partition coefficient (Wildman–Crippen LogP) is 0.688. The minimum atomic E-state index is -0.905. The van der Waals surface area contributed by atoms with Gasteiger partial charge in [-0.25, -0.2) is 14.8 Å². The van der Waals surface area contributed by atoms with Gasteiger partial charge in [-0.15, -0.1) is 0 Å². The third kappa shape index (κ3) is 2.05. The molecule has 2 atom stereocenters. The topological polar surface area (TPSA) is 108 Å². The third-order valence-electron chi connectivity index (χ3n) is 2.87. The number of nitrogen functional groups attached to an aromatic ring is 1. The Kier molecular flexibility index (Phi) is 3.25. The highest BCUT2D eigenvalue weighted by molar-refractivity contribution is 14.1. The Bertz CT molecular complexity index is 638. The van der Waals surface area contributed by atoms with Crippen LogP contribution in [0.5, 0.6) is 0 Å². The van der Waals surface area contributed by atoms with Gasteiger partial charge in [0.25, 0.3) is 0 Å². The maximum Gasteiger partial charge on any atom is 0.223 e. The third-order valence-corrected chi connectivity index (χ3v) is 4.37. The van der Waals surface area contributed by atoms with Gasteiger partial charge in [-0.05, 0) is 22.6 Å². The lowest BCUT2D eigenvalue weighted by molar-refractivity contribution is -0.284. The molecule has 2 unspecified atom stereocenters. The summed E-state index contributed by atoms with van der Waals surface area (Å²) in [6.45, 7) is 0.0443. The highest BCUT2D eigenvalue weighted by Crippen LogP contribution is 2.40. The molecule has 0 amide bonds. The smallest absolute Gasteiger partial charge is 0.223 e. The number of halogens is 2. The van der Waals surface area contributed by atoms with Crippen molar-refractivity contribution in [2.75, 3.05) is 18.9 Å². The lowest BCUT2D eigenvalue weighted by Gasteiger charge is -2.23. The summed E-state index contributed by atoms with van der Waals surface area (Å²) in [7, 11) is 0.